The smallest absolute Gasteiger partial charge is 0.376 e. The third-order valence-electron chi connectivity index (χ3n) is 1.39. The van der Waals surface area contributed by atoms with Crippen molar-refractivity contribution in [3.8, 4) is 0 Å². The molecule has 1 rings (SSSR count). The normalized spacial score (nSPS) is 12.4. The second kappa shape index (κ2) is 5.95. The average molecular weight is 317 g/mol. The second-order valence-corrected chi connectivity index (χ2v) is 6.08. The zero-order valence-corrected chi connectivity index (χ0v) is 11.6. The molecule has 10 heteroatoms. The van der Waals surface area contributed by atoms with E-state index in [2.05, 4.69) is 31.3 Å². The number of rotatable bonds is 3. The number of aromatic nitrogens is 1. The molecule has 6 nitrogen and oxygen atoms in total. The van der Waals surface area contributed by atoms with Crippen molar-refractivity contribution in [2.75, 3.05) is 7.11 Å². The molecule has 0 aliphatic rings. The first-order valence-electron chi connectivity index (χ1n) is 4.01. The highest BCUT2D eigenvalue weighted by atomic mass is 35.5. The van der Waals surface area contributed by atoms with E-state index < -0.39 is 6.72 Å². The van der Waals surface area contributed by atoms with Gasteiger partial charge in [-0.15, -0.1) is 0 Å². The molecule has 2 N–H and O–H groups in total. The quantitative estimate of drug-likeness (QED) is 0.383. The molecule has 0 saturated carbocycles. The summed E-state index contributed by atoms with van der Waals surface area (Å²) in [7, 11) is 1.24. The maximum atomic E-state index is 9.05. The molecule has 0 spiro atoms. The first-order valence-corrected chi connectivity index (χ1v) is 7.39. The van der Waals surface area contributed by atoms with Gasteiger partial charge in [0.2, 0.25) is 0 Å². The lowest BCUT2D eigenvalue weighted by molar-refractivity contribution is 0.204. The number of nitrogens with zero attached hydrogens (tertiary/aromatic N) is 2. The molecule has 94 valence electrons. The monoisotopic (exact) mass is 316 g/mol. The maximum Gasteiger partial charge on any atom is 0.376 e. The van der Waals surface area contributed by atoms with Crippen LogP contribution < -0.4 is 0 Å². The van der Waals surface area contributed by atoms with Crippen LogP contribution in [-0.4, -0.2) is 27.8 Å². The van der Waals surface area contributed by atoms with E-state index in [0.717, 1.165) is 0 Å². The molecule has 1 aromatic heterocycles. The Morgan fingerprint density at radius 1 is 1.53 bits per heavy atom. The molecular formula is C7H7Cl2N2O4PS. The summed E-state index contributed by atoms with van der Waals surface area (Å²) in [5.41, 5.74) is 0.0373. The summed E-state index contributed by atoms with van der Waals surface area (Å²) in [6.07, 6.45) is 1.29. The molecule has 0 fully saturated rings. The Morgan fingerprint density at radius 2 is 2.18 bits per heavy atom. The van der Waals surface area contributed by atoms with Crippen molar-refractivity contribution in [2.24, 2.45) is 5.16 Å². The Kier molecular flexibility index (Phi) is 5.12. The van der Waals surface area contributed by atoms with E-state index in [-0.39, 0.29) is 16.6 Å². The topological polar surface area (TPSA) is 84.2 Å². The van der Waals surface area contributed by atoms with Gasteiger partial charge in [-0.25, -0.2) is 4.98 Å². The van der Waals surface area contributed by atoms with Crippen LogP contribution in [0.2, 0.25) is 10.0 Å². The Bertz CT molecular complexity index is 493. The highest BCUT2D eigenvalue weighted by Gasteiger charge is 2.20. The molecule has 0 amide bonds. The number of hydrogen-bond acceptors (Lipinski definition) is 5. The zero-order valence-electron chi connectivity index (χ0n) is 8.37. The fourth-order valence-electron chi connectivity index (χ4n) is 0.871. The Labute approximate surface area is 112 Å². The van der Waals surface area contributed by atoms with Crippen LogP contribution in [0.1, 0.15) is 5.69 Å². The predicted molar refractivity (Wildman–Crippen MR) is 67.6 cm³/mol. The summed E-state index contributed by atoms with van der Waals surface area (Å²) in [4.78, 5) is 26.4. The van der Waals surface area contributed by atoms with Crippen molar-refractivity contribution in [3.05, 3.63) is 28.0 Å². The molecule has 0 unspecified atom stereocenters. The molecule has 0 aliphatic heterocycles. The van der Waals surface area contributed by atoms with Crippen LogP contribution in [-0.2, 0) is 21.2 Å². The number of halogens is 2. The molecular weight excluding hydrogens is 310 g/mol. The van der Waals surface area contributed by atoms with E-state index in [1.807, 2.05) is 0 Å². The molecule has 0 aliphatic carbocycles. The summed E-state index contributed by atoms with van der Waals surface area (Å²) in [5.74, 6) is -0.331. The van der Waals surface area contributed by atoms with Crippen molar-refractivity contribution < 1.29 is 19.1 Å². The fraction of sp³-hybridized carbons (Fsp3) is 0.143. The van der Waals surface area contributed by atoms with Gasteiger partial charge in [0.25, 0.3) is 5.90 Å². The van der Waals surface area contributed by atoms with E-state index in [9.17, 15) is 0 Å². The van der Waals surface area contributed by atoms with Crippen molar-refractivity contribution in [3.63, 3.8) is 0 Å². The van der Waals surface area contributed by atoms with Gasteiger partial charge in [0.15, 0.2) is 0 Å². The summed E-state index contributed by atoms with van der Waals surface area (Å²) in [5, 5.41) is 3.83. The van der Waals surface area contributed by atoms with Gasteiger partial charge in [0.1, 0.15) is 12.8 Å². The van der Waals surface area contributed by atoms with Gasteiger partial charge < -0.3 is 19.1 Å². The first kappa shape index (κ1) is 14.6. The van der Waals surface area contributed by atoms with E-state index in [1.165, 1.54) is 19.4 Å². The lowest BCUT2D eigenvalue weighted by Crippen LogP contribution is -2.08. The van der Waals surface area contributed by atoms with Gasteiger partial charge in [0.05, 0.1) is 10.0 Å². The van der Waals surface area contributed by atoms with Gasteiger partial charge >= 0.3 is 6.72 Å². The lowest BCUT2D eigenvalue weighted by Gasteiger charge is -2.11. The van der Waals surface area contributed by atoms with Crippen LogP contribution in [0.3, 0.4) is 0 Å². The molecule has 0 bridgehead atoms. The third-order valence-corrected chi connectivity index (χ3v) is 2.52. The van der Waals surface area contributed by atoms with Crippen molar-refractivity contribution in [1.29, 1.82) is 0 Å². The van der Waals surface area contributed by atoms with Crippen LogP contribution in [0.5, 0.6) is 0 Å². The van der Waals surface area contributed by atoms with Crippen LogP contribution in [0.25, 0.3) is 0 Å². The van der Waals surface area contributed by atoms with Gasteiger partial charge in [-0.05, 0) is 11.2 Å². The Balaban J connectivity index is 3.15. The summed E-state index contributed by atoms with van der Waals surface area (Å²) in [6, 6.07) is 1.39. The minimum absolute atomic E-state index is 0.0373. The summed E-state index contributed by atoms with van der Waals surface area (Å²) in [6.45, 7) is -3.96. The van der Waals surface area contributed by atoms with E-state index >= 15 is 0 Å². The van der Waals surface area contributed by atoms with Gasteiger partial charge in [-0.2, -0.15) is 0 Å². The Hall–Kier alpha value is -0.430. The van der Waals surface area contributed by atoms with Gasteiger partial charge in [-0.1, -0.05) is 23.2 Å². The van der Waals surface area contributed by atoms with E-state index in [0.29, 0.717) is 5.02 Å². The predicted octanol–water partition coefficient (Wildman–Crippen LogP) is 1.92. The van der Waals surface area contributed by atoms with Crippen LogP contribution >= 0.6 is 29.9 Å². The first-order chi connectivity index (χ1) is 7.83. The molecule has 0 atom stereocenters. The minimum Gasteiger partial charge on any atom is -0.400 e. The van der Waals surface area contributed by atoms with E-state index in [1.54, 1.807) is 0 Å². The van der Waals surface area contributed by atoms with Crippen molar-refractivity contribution in [2.45, 2.75) is 0 Å². The lowest BCUT2D eigenvalue weighted by atomic mass is 10.3. The Morgan fingerprint density at radius 3 is 2.65 bits per heavy atom. The summed E-state index contributed by atoms with van der Waals surface area (Å²) >= 11 is 15.8. The molecule has 1 heterocycles. The van der Waals surface area contributed by atoms with Crippen molar-refractivity contribution >= 4 is 47.6 Å². The number of hydrogen-bond donors (Lipinski definition) is 2. The summed E-state index contributed by atoms with van der Waals surface area (Å²) < 4.78 is 4.66. The SMILES string of the molecule is CON=C(OP(O)(O)=S)c1ncc(Cl)cc1Cl. The molecule has 1 aromatic rings. The highest BCUT2D eigenvalue weighted by Crippen LogP contribution is 2.38. The third kappa shape index (κ3) is 4.75. The molecule has 0 radical (unpaired) electrons. The van der Waals surface area contributed by atoms with Gasteiger partial charge in [-0.3, -0.25) is 0 Å². The second-order valence-electron chi connectivity index (χ2n) is 2.64. The van der Waals surface area contributed by atoms with Crippen LogP contribution in [0.4, 0.5) is 0 Å². The molecule has 17 heavy (non-hydrogen) atoms. The van der Waals surface area contributed by atoms with Crippen LogP contribution in [0.15, 0.2) is 17.4 Å². The van der Waals surface area contributed by atoms with Crippen molar-refractivity contribution in [1.82, 2.24) is 4.98 Å². The minimum atomic E-state index is -3.96. The molecule has 0 saturated heterocycles. The number of pyridine rings is 1. The largest absolute Gasteiger partial charge is 0.400 e. The zero-order chi connectivity index (χ0) is 13.1. The maximum absolute atomic E-state index is 9.05. The standard InChI is InChI=1S/C7H7Cl2N2O4PS/c1-14-11-7(15-16(12,13)17)6-5(9)2-4(8)3-10-6/h2-3H,1H3,(H2,12,13,17). The fourth-order valence-corrected chi connectivity index (χ4v) is 1.89. The van der Waals surface area contributed by atoms with E-state index in [4.69, 9.17) is 33.0 Å². The number of oxime groups is 1. The van der Waals surface area contributed by atoms with Gasteiger partial charge in [0, 0.05) is 18.0 Å². The average Bonchev–Trinajstić information content (AvgIpc) is 2.14. The molecule has 0 aromatic carbocycles. The van der Waals surface area contributed by atoms with Crippen LogP contribution in [0, 0.1) is 0 Å². The highest BCUT2D eigenvalue weighted by molar-refractivity contribution is 8.06.